The molecule has 0 saturated carbocycles. The van der Waals surface area contributed by atoms with Crippen LogP contribution in [0.25, 0.3) is 10.9 Å². The van der Waals surface area contributed by atoms with E-state index < -0.39 is 0 Å². The van der Waals surface area contributed by atoms with Crippen molar-refractivity contribution < 1.29 is 4.79 Å². The third-order valence-electron chi connectivity index (χ3n) is 3.20. The van der Waals surface area contributed by atoms with Gasteiger partial charge < -0.3 is 14.9 Å². The van der Waals surface area contributed by atoms with E-state index in [9.17, 15) is 9.59 Å². The fourth-order valence-electron chi connectivity index (χ4n) is 2.16. The summed E-state index contributed by atoms with van der Waals surface area (Å²) in [5, 5.41) is 3.61. The van der Waals surface area contributed by atoms with Gasteiger partial charge in [-0.1, -0.05) is 12.1 Å². The van der Waals surface area contributed by atoms with Crippen LogP contribution in [0.4, 0.5) is 5.69 Å². The molecule has 5 nitrogen and oxygen atoms in total. The van der Waals surface area contributed by atoms with Crippen LogP contribution in [0.15, 0.2) is 53.6 Å². The van der Waals surface area contributed by atoms with Gasteiger partial charge in [0.2, 0.25) is 0 Å². The Hall–Kier alpha value is -2.82. The van der Waals surface area contributed by atoms with Crippen LogP contribution in [-0.2, 0) is 7.05 Å². The Labute approximate surface area is 114 Å². The minimum atomic E-state index is -0.304. The first-order chi connectivity index (χ1) is 9.66. The van der Waals surface area contributed by atoms with Gasteiger partial charge in [0.1, 0.15) is 5.69 Å². The van der Waals surface area contributed by atoms with E-state index in [1.165, 1.54) is 4.57 Å². The number of fused-ring (bicyclic) bond motifs is 1. The Morgan fingerprint density at radius 2 is 2.05 bits per heavy atom. The highest BCUT2D eigenvalue weighted by molar-refractivity contribution is 6.11. The number of nitrogens with one attached hydrogen (secondary N) is 2. The summed E-state index contributed by atoms with van der Waals surface area (Å²) in [6.07, 6.45) is 3.42. The van der Waals surface area contributed by atoms with Crippen molar-refractivity contribution in [2.24, 2.45) is 7.05 Å². The van der Waals surface area contributed by atoms with Gasteiger partial charge in [-0.15, -0.1) is 0 Å². The first-order valence-corrected chi connectivity index (χ1v) is 6.20. The fourth-order valence-corrected chi connectivity index (χ4v) is 2.16. The first kappa shape index (κ1) is 12.2. The van der Waals surface area contributed by atoms with Crippen LogP contribution in [0.1, 0.15) is 10.4 Å². The molecule has 2 N–H and O–H groups in total. The first-order valence-electron chi connectivity index (χ1n) is 6.20. The zero-order valence-corrected chi connectivity index (χ0v) is 10.9. The summed E-state index contributed by atoms with van der Waals surface area (Å²) < 4.78 is 1.42. The van der Waals surface area contributed by atoms with Gasteiger partial charge in [0.25, 0.3) is 11.5 Å². The Balaban J connectivity index is 1.99. The molecule has 0 bridgehead atoms. The van der Waals surface area contributed by atoms with E-state index in [1.807, 2.05) is 18.2 Å². The third kappa shape index (κ3) is 1.99. The molecule has 0 aliphatic carbocycles. The van der Waals surface area contributed by atoms with Crippen molar-refractivity contribution in [3.8, 4) is 0 Å². The van der Waals surface area contributed by atoms with Crippen molar-refractivity contribution in [3.05, 3.63) is 64.7 Å². The largest absolute Gasteiger partial charge is 0.361 e. The zero-order chi connectivity index (χ0) is 14.1. The van der Waals surface area contributed by atoms with Gasteiger partial charge in [0.05, 0.1) is 11.1 Å². The van der Waals surface area contributed by atoms with Crippen molar-refractivity contribution >= 4 is 22.5 Å². The number of para-hydroxylation sites is 1. The Morgan fingerprint density at radius 3 is 2.90 bits per heavy atom. The predicted octanol–water partition coefficient (Wildman–Crippen LogP) is 2.12. The molecule has 3 rings (SSSR count). The number of pyridine rings is 1. The number of hydrogen-bond donors (Lipinski definition) is 2. The standard InChI is InChI=1S/C15H13N3O2/c1-18-9-3-6-12(15(18)20)17-14(19)11-5-2-4-10-7-8-16-13(10)11/h2-9,16H,1H3,(H,17,19). The summed E-state index contributed by atoms with van der Waals surface area (Å²) in [5.74, 6) is -0.304. The smallest absolute Gasteiger partial charge is 0.274 e. The summed E-state index contributed by atoms with van der Waals surface area (Å²) in [6, 6.07) is 10.7. The molecule has 0 aliphatic rings. The second kappa shape index (κ2) is 4.70. The summed E-state index contributed by atoms with van der Waals surface area (Å²) in [6.45, 7) is 0. The summed E-state index contributed by atoms with van der Waals surface area (Å²) >= 11 is 0. The minimum absolute atomic E-state index is 0.237. The number of aromatic amines is 1. The van der Waals surface area contributed by atoms with Crippen LogP contribution in [0.2, 0.25) is 0 Å². The molecule has 0 spiro atoms. The van der Waals surface area contributed by atoms with Crippen LogP contribution < -0.4 is 10.9 Å². The molecule has 100 valence electrons. The number of anilines is 1. The topological polar surface area (TPSA) is 66.9 Å². The van der Waals surface area contributed by atoms with Gasteiger partial charge in [0, 0.05) is 24.8 Å². The number of rotatable bonds is 2. The van der Waals surface area contributed by atoms with Crippen LogP contribution >= 0.6 is 0 Å². The molecule has 2 aromatic heterocycles. The summed E-state index contributed by atoms with van der Waals surface area (Å²) in [5.41, 5.74) is 1.30. The average molecular weight is 267 g/mol. The number of benzene rings is 1. The van der Waals surface area contributed by atoms with Crippen LogP contribution in [0.3, 0.4) is 0 Å². The van der Waals surface area contributed by atoms with Gasteiger partial charge >= 0.3 is 0 Å². The Kier molecular flexibility index (Phi) is 2.87. The molecule has 2 heterocycles. The lowest BCUT2D eigenvalue weighted by atomic mass is 10.1. The number of nitrogens with zero attached hydrogens (tertiary/aromatic N) is 1. The van der Waals surface area contributed by atoms with Gasteiger partial charge in [0.15, 0.2) is 0 Å². The molecule has 0 aliphatic heterocycles. The molecular weight excluding hydrogens is 254 g/mol. The Bertz CT molecular complexity index is 845. The van der Waals surface area contributed by atoms with Crippen LogP contribution in [0, 0.1) is 0 Å². The fraction of sp³-hybridized carbons (Fsp3) is 0.0667. The number of carbonyl (C=O) groups excluding carboxylic acids is 1. The van der Waals surface area contributed by atoms with E-state index in [0.717, 1.165) is 10.9 Å². The normalized spacial score (nSPS) is 10.7. The van der Waals surface area contributed by atoms with Crippen molar-refractivity contribution in [1.29, 1.82) is 0 Å². The van der Waals surface area contributed by atoms with Gasteiger partial charge in [-0.05, 0) is 24.3 Å². The molecule has 0 radical (unpaired) electrons. The molecule has 1 aromatic carbocycles. The van der Waals surface area contributed by atoms with E-state index >= 15 is 0 Å². The van der Waals surface area contributed by atoms with Gasteiger partial charge in [-0.25, -0.2) is 0 Å². The van der Waals surface area contributed by atoms with Crippen LogP contribution in [-0.4, -0.2) is 15.5 Å². The molecule has 3 aromatic rings. The molecule has 1 amide bonds. The molecule has 0 fully saturated rings. The lowest BCUT2D eigenvalue weighted by Gasteiger charge is -2.07. The highest BCUT2D eigenvalue weighted by Gasteiger charge is 2.12. The van der Waals surface area contributed by atoms with Crippen molar-refractivity contribution in [3.63, 3.8) is 0 Å². The van der Waals surface area contributed by atoms with Gasteiger partial charge in [-0.2, -0.15) is 0 Å². The number of aryl methyl sites for hydroxylation is 1. The summed E-state index contributed by atoms with van der Waals surface area (Å²) in [4.78, 5) is 27.2. The van der Waals surface area contributed by atoms with Crippen LogP contribution in [0.5, 0.6) is 0 Å². The maximum atomic E-state index is 12.3. The lowest BCUT2D eigenvalue weighted by molar-refractivity contribution is 0.102. The highest BCUT2D eigenvalue weighted by Crippen LogP contribution is 2.17. The maximum Gasteiger partial charge on any atom is 0.274 e. The second-order valence-corrected chi connectivity index (χ2v) is 4.54. The SMILES string of the molecule is Cn1cccc(NC(=O)c2cccc3cc[nH]c23)c1=O. The van der Waals surface area contributed by atoms with E-state index in [0.29, 0.717) is 5.56 Å². The lowest BCUT2D eigenvalue weighted by Crippen LogP contribution is -2.23. The summed E-state index contributed by atoms with van der Waals surface area (Å²) in [7, 11) is 1.64. The molecule has 0 unspecified atom stereocenters. The van der Waals surface area contributed by atoms with E-state index in [2.05, 4.69) is 10.3 Å². The number of aromatic nitrogens is 2. The van der Waals surface area contributed by atoms with E-state index in [-0.39, 0.29) is 17.2 Å². The van der Waals surface area contributed by atoms with Crippen molar-refractivity contribution in [2.75, 3.05) is 5.32 Å². The number of amides is 1. The highest BCUT2D eigenvalue weighted by atomic mass is 16.2. The molecule has 20 heavy (non-hydrogen) atoms. The zero-order valence-electron chi connectivity index (χ0n) is 10.9. The Morgan fingerprint density at radius 1 is 1.20 bits per heavy atom. The minimum Gasteiger partial charge on any atom is -0.361 e. The molecule has 0 saturated heterocycles. The van der Waals surface area contributed by atoms with Gasteiger partial charge in [-0.3, -0.25) is 9.59 Å². The number of H-pyrrole nitrogens is 1. The van der Waals surface area contributed by atoms with E-state index in [1.54, 1.807) is 37.6 Å². The predicted molar refractivity (Wildman–Crippen MR) is 77.9 cm³/mol. The molecule has 0 atom stereocenters. The molecule has 5 heteroatoms. The average Bonchev–Trinajstić information content (AvgIpc) is 2.92. The van der Waals surface area contributed by atoms with E-state index in [4.69, 9.17) is 0 Å². The quantitative estimate of drug-likeness (QED) is 0.746. The molecular formula is C15H13N3O2. The number of carbonyl (C=O) groups is 1. The monoisotopic (exact) mass is 267 g/mol. The third-order valence-corrected chi connectivity index (χ3v) is 3.20. The second-order valence-electron chi connectivity index (χ2n) is 4.54. The van der Waals surface area contributed by atoms with Crippen molar-refractivity contribution in [1.82, 2.24) is 9.55 Å². The number of hydrogen-bond acceptors (Lipinski definition) is 2. The van der Waals surface area contributed by atoms with Crippen molar-refractivity contribution in [2.45, 2.75) is 0 Å². The maximum absolute atomic E-state index is 12.3.